The maximum absolute atomic E-state index is 13.3. The lowest BCUT2D eigenvalue weighted by Gasteiger charge is -2.11. The number of aromatic nitrogens is 4. The summed E-state index contributed by atoms with van der Waals surface area (Å²) in [6.07, 6.45) is 0. The van der Waals surface area contributed by atoms with Crippen molar-refractivity contribution in [3.05, 3.63) is 100 Å². The number of hydrogen-bond donors (Lipinski definition) is 1. The first kappa shape index (κ1) is 21.0. The van der Waals surface area contributed by atoms with Crippen LogP contribution in [-0.2, 0) is 11.3 Å². The van der Waals surface area contributed by atoms with Gasteiger partial charge in [0.1, 0.15) is 0 Å². The van der Waals surface area contributed by atoms with Crippen molar-refractivity contribution < 1.29 is 4.79 Å². The molecule has 164 valence electrons. The molecule has 5 aromatic rings. The standard InChI is InChI=1S/C25H21N5O2S/c1-17-9-5-7-13-20(17)26-22(31)16-33-25-28-27-24-29(15-18-10-3-2-4-11-18)23(32)19-12-6-8-14-21(19)30(24)25/h2-14H,15-16H2,1H3,(H,26,31). The molecule has 0 aliphatic carbocycles. The van der Waals surface area contributed by atoms with Gasteiger partial charge in [0.05, 0.1) is 23.2 Å². The van der Waals surface area contributed by atoms with E-state index in [0.29, 0.717) is 28.4 Å². The van der Waals surface area contributed by atoms with Crippen molar-refractivity contribution in [3.8, 4) is 0 Å². The third kappa shape index (κ3) is 4.12. The number of fused-ring (bicyclic) bond motifs is 3. The van der Waals surface area contributed by atoms with Gasteiger partial charge in [-0.05, 0) is 36.2 Å². The fourth-order valence-electron chi connectivity index (χ4n) is 3.77. The van der Waals surface area contributed by atoms with Gasteiger partial charge in [-0.3, -0.25) is 18.6 Å². The highest BCUT2D eigenvalue weighted by molar-refractivity contribution is 7.99. The Balaban J connectivity index is 1.51. The minimum absolute atomic E-state index is 0.122. The van der Waals surface area contributed by atoms with E-state index in [1.165, 1.54) is 11.8 Å². The molecule has 0 unspecified atom stereocenters. The summed E-state index contributed by atoms with van der Waals surface area (Å²) in [5.74, 6) is 0.485. The van der Waals surface area contributed by atoms with Crippen LogP contribution in [0, 0.1) is 6.92 Å². The van der Waals surface area contributed by atoms with E-state index in [0.717, 1.165) is 16.8 Å². The third-order valence-corrected chi connectivity index (χ3v) is 6.34. The van der Waals surface area contributed by atoms with Crippen LogP contribution < -0.4 is 10.9 Å². The lowest BCUT2D eigenvalue weighted by atomic mass is 10.2. The fraction of sp³-hybridized carbons (Fsp3) is 0.120. The van der Waals surface area contributed by atoms with Crippen LogP contribution in [-0.4, -0.2) is 30.8 Å². The summed E-state index contributed by atoms with van der Waals surface area (Å²) in [5.41, 5.74) is 3.37. The van der Waals surface area contributed by atoms with Crippen LogP contribution in [0.4, 0.5) is 5.69 Å². The minimum atomic E-state index is -0.132. The van der Waals surface area contributed by atoms with Crippen LogP contribution >= 0.6 is 11.8 Å². The molecule has 1 N–H and O–H groups in total. The lowest BCUT2D eigenvalue weighted by Crippen LogP contribution is -2.24. The van der Waals surface area contributed by atoms with Crippen molar-refractivity contribution in [2.75, 3.05) is 11.1 Å². The largest absolute Gasteiger partial charge is 0.325 e. The SMILES string of the molecule is Cc1ccccc1NC(=O)CSc1nnc2n(Cc3ccccc3)c(=O)c3ccccc3n12. The van der Waals surface area contributed by atoms with Crippen molar-refractivity contribution in [2.45, 2.75) is 18.6 Å². The Morgan fingerprint density at radius 3 is 2.48 bits per heavy atom. The van der Waals surface area contributed by atoms with Gasteiger partial charge in [0.2, 0.25) is 11.7 Å². The number of rotatable bonds is 6. The molecule has 0 saturated carbocycles. The van der Waals surface area contributed by atoms with Gasteiger partial charge in [-0.15, -0.1) is 10.2 Å². The summed E-state index contributed by atoms with van der Waals surface area (Å²) in [5, 5.41) is 12.7. The molecule has 0 atom stereocenters. The zero-order chi connectivity index (χ0) is 22.8. The topological polar surface area (TPSA) is 81.3 Å². The molecule has 33 heavy (non-hydrogen) atoms. The zero-order valence-corrected chi connectivity index (χ0v) is 18.7. The normalized spacial score (nSPS) is 11.2. The van der Waals surface area contributed by atoms with Crippen molar-refractivity contribution in [1.29, 1.82) is 0 Å². The second-order valence-electron chi connectivity index (χ2n) is 7.66. The molecule has 0 radical (unpaired) electrons. The Bertz CT molecular complexity index is 1520. The van der Waals surface area contributed by atoms with Crippen LogP contribution in [0.5, 0.6) is 0 Å². The molecule has 7 nitrogen and oxygen atoms in total. The second-order valence-corrected chi connectivity index (χ2v) is 8.61. The number of nitrogens with one attached hydrogen (secondary N) is 1. The zero-order valence-electron chi connectivity index (χ0n) is 17.9. The van der Waals surface area contributed by atoms with Gasteiger partial charge >= 0.3 is 0 Å². The van der Waals surface area contributed by atoms with Crippen molar-refractivity contribution >= 4 is 40.0 Å². The molecule has 3 aromatic carbocycles. The number of amides is 1. The number of thioether (sulfide) groups is 1. The number of anilines is 1. The molecule has 0 bridgehead atoms. The van der Waals surface area contributed by atoms with E-state index in [1.807, 2.05) is 84.1 Å². The molecule has 8 heteroatoms. The van der Waals surface area contributed by atoms with Crippen molar-refractivity contribution in [2.24, 2.45) is 0 Å². The number of para-hydroxylation sites is 2. The highest BCUT2D eigenvalue weighted by Crippen LogP contribution is 2.22. The fourth-order valence-corrected chi connectivity index (χ4v) is 4.51. The van der Waals surface area contributed by atoms with Gasteiger partial charge < -0.3 is 5.32 Å². The van der Waals surface area contributed by atoms with Gasteiger partial charge in [-0.2, -0.15) is 0 Å². The van der Waals surface area contributed by atoms with Crippen LogP contribution in [0.15, 0.2) is 88.8 Å². The van der Waals surface area contributed by atoms with Gasteiger partial charge in [0.25, 0.3) is 5.56 Å². The maximum Gasteiger partial charge on any atom is 0.263 e. The second kappa shape index (κ2) is 8.91. The average molecular weight is 456 g/mol. The van der Waals surface area contributed by atoms with Crippen LogP contribution in [0.2, 0.25) is 0 Å². The van der Waals surface area contributed by atoms with Crippen LogP contribution in [0.3, 0.4) is 0 Å². The first-order valence-corrected chi connectivity index (χ1v) is 11.5. The Kier molecular flexibility index (Phi) is 5.66. The molecule has 0 fully saturated rings. The van der Waals surface area contributed by atoms with E-state index in [2.05, 4.69) is 15.5 Å². The Morgan fingerprint density at radius 2 is 1.67 bits per heavy atom. The molecule has 0 aliphatic heterocycles. The van der Waals surface area contributed by atoms with Crippen molar-refractivity contribution in [1.82, 2.24) is 19.2 Å². The molecule has 0 spiro atoms. The van der Waals surface area contributed by atoms with Gasteiger partial charge in [-0.1, -0.05) is 72.4 Å². The molecule has 0 saturated heterocycles. The number of carbonyl (C=O) groups is 1. The number of hydrogen-bond acceptors (Lipinski definition) is 5. The summed E-state index contributed by atoms with van der Waals surface area (Å²) in [4.78, 5) is 25.8. The molecular weight excluding hydrogens is 434 g/mol. The first-order chi connectivity index (χ1) is 16.1. The number of nitrogens with zero attached hydrogens (tertiary/aromatic N) is 4. The molecule has 2 heterocycles. The summed E-state index contributed by atoms with van der Waals surface area (Å²) >= 11 is 1.29. The van der Waals surface area contributed by atoms with Crippen molar-refractivity contribution in [3.63, 3.8) is 0 Å². The average Bonchev–Trinajstić information content (AvgIpc) is 3.27. The smallest absolute Gasteiger partial charge is 0.263 e. The number of carbonyl (C=O) groups excluding carboxylic acids is 1. The predicted octanol–water partition coefficient (Wildman–Crippen LogP) is 4.13. The number of benzene rings is 3. The Hall–Kier alpha value is -3.91. The lowest BCUT2D eigenvalue weighted by molar-refractivity contribution is -0.113. The van der Waals surface area contributed by atoms with E-state index in [4.69, 9.17) is 0 Å². The van der Waals surface area contributed by atoms with E-state index < -0.39 is 0 Å². The van der Waals surface area contributed by atoms with Crippen LogP contribution in [0.25, 0.3) is 16.7 Å². The Morgan fingerprint density at radius 1 is 0.939 bits per heavy atom. The van der Waals surface area contributed by atoms with Crippen LogP contribution in [0.1, 0.15) is 11.1 Å². The first-order valence-electron chi connectivity index (χ1n) is 10.5. The predicted molar refractivity (Wildman–Crippen MR) is 131 cm³/mol. The summed E-state index contributed by atoms with van der Waals surface area (Å²) in [6.45, 7) is 2.33. The summed E-state index contributed by atoms with van der Waals surface area (Å²) in [6, 6.07) is 24.8. The van der Waals surface area contributed by atoms with Gasteiger partial charge in [0, 0.05) is 5.69 Å². The summed E-state index contributed by atoms with van der Waals surface area (Å²) < 4.78 is 3.48. The highest BCUT2D eigenvalue weighted by atomic mass is 32.2. The van der Waals surface area contributed by atoms with E-state index in [1.54, 1.807) is 10.6 Å². The molecule has 1 amide bonds. The van der Waals surface area contributed by atoms with E-state index in [9.17, 15) is 9.59 Å². The number of aryl methyl sites for hydroxylation is 1. The monoisotopic (exact) mass is 455 g/mol. The van der Waals surface area contributed by atoms with Gasteiger partial charge in [-0.25, -0.2) is 0 Å². The third-order valence-electron chi connectivity index (χ3n) is 5.41. The summed E-state index contributed by atoms with van der Waals surface area (Å²) in [7, 11) is 0. The minimum Gasteiger partial charge on any atom is -0.325 e. The molecule has 0 aliphatic rings. The maximum atomic E-state index is 13.3. The van der Waals surface area contributed by atoms with Gasteiger partial charge in [0.15, 0.2) is 5.16 Å². The molecular formula is C25H21N5O2S. The van der Waals surface area contributed by atoms with E-state index in [-0.39, 0.29) is 17.2 Å². The Labute approximate surface area is 194 Å². The highest BCUT2D eigenvalue weighted by Gasteiger charge is 2.18. The van der Waals surface area contributed by atoms with E-state index >= 15 is 0 Å². The molecule has 5 rings (SSSR count). The molecule has 2 aromatic heterocycles. The quantitative estimate of drug-likeness (QED) is 0.389.